The van der Waals surface area contributed by atoms with Crippen LogP contribution in [0.2, 0.25) is 0 Å². The summed E-state index contributed by atoms with van der Waals surface area (Å²) in [6.07, 6.45) is -1.08. The number of aromatic amines is 1. The molecular weight excluding hydrogens is 418 g/mol. The van der Waals surface area contributed by atoms with Gasteiger partial charge in [0.2, 0.25) is 0 Å². The summed E-state index contributed by atoms with van der Waals surface area (Å²) in [7, 11) is 0. The zero-order chi connectivity index (χ0) is 22.0. The molecule has 2 aromatic rings. The minimum absolute atomic E-state index is 0.00487. The molecule has 3 heterocycles. The number of rotatable bonds is 4. The minimum atomic E-state index is -4.77. The first-order chi connectivity index (χ1) is 14.8. The third-order valence-corrected chi connectivity index (χ3v) is 5.89. The van der Waals surface area contributed by atoms with Crippen LogP contribution in [0.4, 0.5) is 22.4 Å². The maximum absolute atomic E-state index is 13.4. The van der Waals surface area contributed by atoms with Crippen LogP contribution >= 0.6 is 0 Å². The minimum Gasteiger partial charge on any atom is -0.493 e. The van der Waals surface area contributed by atoms with Gasteiger partial charge in [-0.2, -0.15) is 18.3 Å². The van der Waals surface area contributed by atoms with Gasteiger partial charge in [-0.3, -0.25) is 5.10 Å². The molecule has 2 saturated heterocycles. The second-order valence-corrected chi connectivity index (χ2v) is 7.97. The normalized spacial score (nSPS) is 20.3. The molecular formula is C20H23F4N5O2. The van der Waals surface area contributed by atoms with E-state index in [2.05, 4.69) is 15.2 Å². The molecule has 0 saturated carbocycles. The molecule has 11 heteroatoms. The number of carbonyl (C=O) groups excluding carboxylic acids is 1. The average molecular weight is 441 g/mol. The Morgan fingerprint density at radius 3 is 2.58 bits per heavy atom. The molecule has 4 rings (SSSR count). The fourth-order valence-electron chi connectivity index (χ4n) is 4.09. The number of benzene rings is 1. The summed E-state index contributed by atoms with van der Waals surface area (Å²) in [5, 5.41) is 6.72. The monoisotopic (exact) mass is 441 g/mol. The lowest BCUT2D eigenvalue weighted by Crippen LogP contribution is -2.46. The number of piperidine rings is 1. The predicted octanol–water partition coefficient (Wildman–Crippen LogP) is 3.66. The molecule has 2 fully saturated rings. The number of H-pyrrole nitrogens is 1. The van der Waals surface area contributed by atoms with Crippen molar-refractivity contribution in [2.75, 3.05) is 32.8 Å². The highest BCUT2D eigenvalue weighted by atomic mass is 19.4. The summed E-state index contributed by atoms with van der Waals surface area (Å²) in [6.45, 7) is 2.62. The first-order valence-corrected chi connectivity index (χ1v) is 10.2. The van der Waals surface area contributed by atoms with Crippen LogP contribution in [0.25, 0.3) is 0 Å². The number of hydrogen-bond acceptors (Lipinski definition) is 4. The van der Waals surface area contributed by atoms with Crippen molar-refractivity contribution >= 4 is 6.03 Å². The van der Waals surface area contributed by atoms with E-state index in [1.165, 1.54) is 12.4 Å². The van der Waals surface area contributed by atoms with Crippen LogP contribution in [-0.4, -0.2) is 63.8 Å². The Bertz CT molecular complexity index is 897. The van der Waals surface area contributed by atoms with E-state index in [0.29, 0.717) is 45.1 Å². The van der Waals surface area contributed by atoms with Gasteiger partial charge < -0.3 is 14.5 Å². The topological polar surface area (TPSA) is 74.3 Å². The fourth-order valence-corrected chi connectivity index (χ4v) is 4.09. The highest BCUT2D eigenvalue weighted by molar-refractivity contribution is 5.75. The van der Waals surface area contributed by atoms with Gasteiger partial charge in [-0.25, -0.2) is 14.2 Å². The Labute approximate surface area is 176 Å². The number of amides is 2. The van der Waals surface area contributed by atoms with Gasteiger partial charge in [-0.05, 0) is 43.4 Å². The number of urea groups is 1. The van der Waals surface area contributed by atoms with Crippen LogP contribution in [-0.2, 0) is 6.18 Å². The Kier molecular flexibility index (Phi) is 6.01. The molecule has 0 unspecified atom stereocenters. The lowest BCUT2D eigenvalue weighted by Gasteiger charge is -2.34. The number of alkyl halides is 3. The van der Waals surface area contributed by atoms with Gasteiger partial charge in [0.25, 0.3) is 0 Å². The summed E-state index contributed by atoms with van der Waals surface area (Å²) >= 11 is 0. The number of nitrogens with one attached hydrogen (secondary N) is 1. The summed E-state index contributed by atoms with van der Waals surface area (Å²) in [4.78, 5) is 20.6. The van der Waals surface area contributed by atoms with Gasteiger partial charge in [0, 0.05) is 32.1 Å². The number of halogens is 4. The lowest BCUT2D eigenvalue weighted by atomic mass is 9.98. The second-order valence-electron chi connectivity index (χ2n) is 7.97. The van der Waals surface area contributed by atoms with Crippen molar-refractivity contribution in [3.05, 3.63) is 41.7 Å². The van der Waals surface area contributed by atoms with Gasteiger partial charge in [0.05, 0.1) is 12.2 Å². The molecule has 0 radical (unpaired) electrons. The third-order valence-electron chi connectivity index (χ3n) is 5.89. The van der Waals surface area contributed by atoms with Crippen LogP contribution in [0, 0.1) is 11.7 Å². The first-order valence-electron chi connectivity index (χ1n) is 10.2. The van der Waals surface area contributed by atoms with Gasteiger partial charge >= 0.3 is 12.2 Å². The van der Waals surface area contributed by atoms with Gasteiger partial charge in [0.1, 0.15) is 23.7 Å². The van der Waals surface area contributed by atoms with Crippen molar-refractivity contribution in [1.82, 2.24) is 25.0 Å². The molecule has 1 aromatic heterocycles. The largest absolute Gasteiger partial charge is 0.493 e. The van der Waals surface area contributed by atoms with E-state index in [1.807, 2.05) is 4.90 Å². The van der Waals surface area contributed by atoms with E-state index in [1.54, 1.807) is 4.90 Å². The Balaban J connectivity index is 1.24. The van der Waals surface area contributed by atoms with Crippen molar-refractivity contribution in [1.29, 1.82) is 0 Å². The zero-order valence-electron chi connectivity index (χ0n) is 16.7. The van der Waals surface area contributed by atoms with Gasteiger partial charge in [-0.15, -0.1) is 0 Å². The summed E-state index contributed by atoms with van der Waals surface area (Å²) in [5.74, 6) is -0.263. The van der Waals surface area contributed by atoms with Crippen LogP contribution < -0.4 is 4.74 Å². The third kappa shape index (κ3) is 4.91. The average Bonchev–Trinajstić information content (AvgIpc) is 3.44. The SMILES string of the molecule is O=C(N1CCC(COc2ccc(F)c(C(F)(F)F)c2)CC1)N1CC[C@H](c2ncn[nH]2)C1. The van der Waals surface area contributed by atoms with Crippen molar-refractivity contribution in [2.45, 2.75) is 31.4 Å². The molecule has 0 aliphatic carbocycles. The molecule has 0 bridgehead atoms. The fraction of sp³-hybridized carbons (Fsp3) is 0.550. The number of likely N-dealkylation sites (tertiary alicyclic amines) is 2. The molecule has 31 heavy (non-hydrogen) atoms. The summed E-state index contributed by atoms with van der Waals surface area (Å²) < 4.78 is 57.4. The molecule has 7 nitrogen and oxygen atoms in total. The highest BCUT2D eigenvalue weighted by Gasteiger charge is 2.35. The first kappa shape index (κ1) is 21.4. The molecule has 168 valence electrons. The van der Waals surface area contributed by atoms with E-state index in [-0.39, 0.29) is 30.2 Å². The maximum atomic E-state index is 13.4. The molecule has 0 spiro atoms. The predicted molar refractivity (Wildman–Crippen MR) is 102 cm³/mol. The highest BCUT2D eigenvalue weighted by Crippen LogP contribution is 2.34. The molecule has 2 aliphatic rings. The van der Waals surface area contributed by atoms with Crippen LogP contribution in [0.5, 0.6) is 5.75 Å². The van der Waals surface area contributed by atoms with E-state index >= 15 is 0 Å². The number of ether oxygens (including phenoxy) is 1. The second kappa shape index (κ2) is 8.72. The molecule has 2 aliphatic heterocycles. The number of hydrogen-bond donors (Lipinski definition) is 1. The van der Waals surface area contributed by atoms with E-state index in [0.717, 1.165) is 18.3 Å². The van der Waals surface area contributed by atoms with Crippen molar-refractivity contribution < 1.29 is 27.1 Å². The van der Waals surface area contributed by atoms with E-state index < -0.39 is 17.6 Å². The number of nitrogens with zero attached hydrogens (tertiary/aromatic N) is 4. The van der Waals surface area contributed by atoms with Gasteiger partial charge in [-0.1, -0.05) is 0 Å². The summed E-state index contributed by atoms with van der Waals surface area (Å²) in [5.41, 5.74) is -1.33. The smallest absolute Gasteiger partial charge is 0.419 e. The standard InChI is InChI=1S/C20H23F4N5O2/c21-17-2-1-15(9-16(17)20(22,23)24)31-11-13-3-6-28(7-4-13)19(30)29-8-5-14(10-29)18-25-12-26-27-18/h1-2,9,12-14H,3-8,10-11H2,(H,25,26,27)/t14-/m0/s1. The van der Waals surface area contributed by atoms with E-state index in [9.17, 15) is 22.4 Å². The Hall–Kier alpha value is -2.85. The molecule has 1 atom stereocenters. The van der Waals surface area contributed by atoms with Crippen molar-refractivity contribution in [3.63, 3.8) is 0 Å². The van der Waals surface area contributed by atoms with Crippen LogP contribution in [0.1, 0.15) is 36.6 Å². The Morgan fingerprint density at radius 1 is 1.16 bits per heavy atom. The molecule has 2 amide bonds. The maximum Gasteiger partial charge on any atom is 0.419 e. The Morgan fingerprint density at radius 2 is 1.90 bits per heavy atom. The quantitative estimate of drug-likeness (QED) is 0.735. The van der Waals surface area contributed by atoms with Crippen LogP contribution in [0.15, 0.2) is 24.5 Å². The zero-order valence-corrected chi connectivity index (χ0v) is 16.7. The molecule has 1 N–H and O–H groups in total. The van der Waals surface area contributed by atoms with Crippen molar-refractivity contribution in [3.8, 4) is 5.75 Å². The van der Waals surface area contributed by atoms with Crippen molar-refractivity contribution in [2.24, 2.45) is 5.92 Å². The lowest BCUT2D eigenvalue weighted by molar-refractivity contribution is -0.140. The number of aromatic nitrogens is 3. The molecule has 1 aromatic carbocycles. The van der Waals surface area contributed by atoms with E-state index in [4.69, 9.17) is 4.74 Å². The number of carbonyl (C=O) groups is 1. The summed E-state index contributed by atoms with van der Waals surface area (Å²) in [6, 6.07) is 2.64. The van der Waals surface area contributed by atoms with Gasteiger partial charge in [0.15, 0.2) is 0 Å². The van der Waals surface area contributed by atoms with Crippen LogP contribution in [0.3, 0.4) is 0 Å².